The molecule has 0 aliphatic carbocycles. The minimum atomic E-state index is -0.846. The zero-order chi connectivity index (χ0) is 27.1. The number of para-hydroxylation sites is 1. The lowest BCUT2D eigenvalue weighted by molar-refractivity contribution is -0.132. The van der Waals surface area contributed by atoms with Crippen LogP contribution in [0.2, 0.25) is 5.02 Å². The van der Waals surface area contributed by atoms with Gasteiger partial charge >= 0.3 is 0 Å². The van der Waals surface area contributed by atoms with Crippen LogP contribution in [0.1, 0.15) is 55.1 Å². The van der Waals surface area contributed by atoms with Crippen molar-refractivity contribution in [2.45, 2.75) is 39.7 Å². The summed E-state index contributed by atoms with van der Waals surface area (Å²) in [4.78, 5) is 32.0. The van der Waals surface area contributed by atoms with Gasteiger partial charge in [0.25, 0.3) is 11.7 Å². The van der Waals surface area contributed by atoms with Crippen LogP contribution in [-0.2, 0) is 9.59 Å². The molecule has 3 aromatic carbocycles. The number of aryl methyl sites for hydroxylation is 1. The highest BCUT2D eigenvalue weighted by Crippen LogP contribution is 2.46. The first-order chi connectivity index (χ1) is 18.2. The van der Waals surface area contributed by atoms with Crippen LogP contribution in [0.25, 0.3) is 16.7 Å². The van der Waals surface area contributed by atoms with Crippen LogP contribution in [0.3, 0.4) is 0 Å². The fraction of sp³-hybridized carbons (Fsp3) is 0.226. The number of hydrogen-bond acceptors (Lipinski definition) is 4. The molecule has 194 valence electrons. The molecule has 38 heavy (non-hydrogen) atoms. The highest BCUT2D eigenvalue weighted by Gasteiger charge is 2.48. The lowest BCUT2D eigenvalue weighted by Gasteiger charge is -2.26. The number of ketones is 1. The maximum Gasteiger partial charge on any atom is 0.300 e. The summed E-state index contributed by atoms with van der Waals surface area (Å²) < 4.78 is 5.78. The topological polar surface area (TPSA) is 82.6 Å². The number of ether oxygens (including phenoxy) is 1. The summed E-state index contributed by atoms with van der Waals surface area (Å²) in [7, 11) is 0. The predicted molar refractivity (Wildman–Crippen MR) is 151 cm³/mol. The number of H-pyrrole nitrogens is 1. The van der Waals surface area contributed by atoms with Crippen LogP contribution in [0.4, 0.5) is 5.69 Å². The molecule has 2 N–H and O–H groups in total. The number of rotatable bonds is 6. The molecule has 1 atom stereocenters. The van der Waals surface area contributed by atoms with Gasteiger partial charge in [-0.3, -0.25) is 14.5 Å². The Morgan fingerprint density at radius 3 is 2.47 bits per heavy atom. The molecule has 1 unspecified atom stereocenters. The van der Waals surface area contributed by atoms with E-state index in [2.05, 4.69) is 4.98 Å². The molecule has 5 rings (SSSR count). The smallest absolute Gasteiger partial charge is 0.300 e. The van der Waals surface area contributed by atoms with E-state index in [0.717, 1.165) is 33.5 Å². The number of aliphatic hydroxyl groups excluding tert-OH is 1. The van der Waals surface area contributed by atoms with E-state index >= 15 is 0 Å². The largest absolute Gasteiger partial charge is 0.507 e. The maximum atomic E-state index is 13.6. The van der Waals surface area contributed by atoms with Crippen molar-refractivity contribution in [1.29, 1.82) is 0 Å². The molecule has 1 fully saturated rings. The van der Waals surface area contributed by atoms with Crippen molar-refractivity contribution in [3.05, 3.63) is 99.7 Å². The normalized spacial score (nSPS) is 17.1. The van der Waals surface area contributed by atoms with Gasteiger partial charge in [-0.15, -0.1) is 0 Å². The number of aromatic amines is 1. The van der Waals surface area contributed by atoms with Crippen molar-refractivity contribution >= 4 is 45.6 Å². The minimum absolute atomic E-state index is 0.0386. The van der Waals surface area contributed by atoms with Gasteiger partial charge in [0.05, 0.1) is 18.2 Å². The number of aromatic nitrogens is 1. The van der Waals surface area contributed by atoms with Crippen molar-refractivity contribution in [3.63, 3.8) is 0 Å². The van der Waals surface area contributed by atoms with Crippen molar-refractivity contribution in [3.8, 4) is 5.75 Å². The summed E-state index contributed by atoms with van der Waals surface area (Å²) in [5.41, 5.74) is 4.35. The van der Waals surface area contributed by atoms with Crippen molar-refractivity contribution in [1.82, 2.24) is 4.98 Å². The van der Waals surface area contributed by atoms with E-state index < -0.39 is 17.7 Å². The molecule has 1 amide bonds. The first-order valence-corrected chi connectivity index (χ1v) is 13.0. The first-order valence-electron chi connectivity index (χ1n) is 12.6. The van der Waals surface area contributed by atoms with E-state index in [9.17, 15) is 14.7 Å². The highest BCUT2D eigenvalue weighted by molar-refractivity contribution is 6.52. The van der Waals surface area contributed by atoms with Gasteiger partial charge in [0.2, 0.25) is 0 Å². The SMILES string of the molecule is CCOc1ccc(/C(O)=C2\C(=O)C(=O)N(c3ccc(Cl)cc3)C2c2c(C)[nH]c3ccccc23)cc1C(C)C. The molecule has 0 spiro atoms. The number of aliphatic hydroxyl groups is 1. The van der Waals surface area contributed by atoms with Crippen molar-refractivity contribution in [2.24, 2.45) is 0 Å². The number of benzene rings is 3. The third-order valence-corrected chi connectivity index (χ3v) is 7.22. The van der Waals surface area contributed by atoms with Crippen LogP contribution in [0.5, 0.6) is 5.75 Å². The molecule has 1 aromatic heterocycles. The summed E-state index contributed by atoms with van der Waals surface area (Å²) >= 11 is 6.12. The number of carbonyl (C=O) groups excluding carboxylic acids is 2. The van der Waals surface area contributed by atoms with E-state index in [0.29, 0.717) is 22.9 Å². The highest BCUT2D eigenvalue weighted by atomic mass is 35.5. The first kappa shape index (κ1) is 25.6. The Labute approximate surface area is 226 Å². The summed E-state index contributed by atoms with van der Waals surface area (Å²) in [6.07, 6.45) is 0. The van der Waals surface area contributed by atoms with Gasteiger partial charge in [0.15, 0.2) is 0 Å². The van der Waals surface area contributed by atoms with Crippen LogP contribution in [0.15, 0.2) is 72.3 Å². The van der Waals surface area contributed by atoms with Crippen LogP contribution in [-0.4, -0.2) is 28.4 Å². The summed E-state index contributed by atoms with van der Waals surface area (Å²) in [5.74, 6) is -0.831. The van der Waals surface area contributed by atoms with Crippen LogP contribution in [0, 0.1) is 6.92 Å². The average molecular weight is 529 g/mol. The zero-order valence-corrected chi connectivity index (χ0v) is 22.5. The Hall–Kier alpha value is -4.03. The maximum absolute atomic E-state index is 13.6. The zero-order valence-electron chi connectivity index (χ0n) is 21.7. The number of nitrogens with one attached hydrogen (secondary N) is 1. The lowest BCUT2D eigenvalue weighted by Crippen LogP contribution is -2.29. The molecule has 2 heterocycles. The number of nitrogens with zero attached hydrogens (tertiary/aromatic N) is 1. The Balaban J connectivity index is 1.78. The Morgan fingerprint density at radius 1 is 1.08 bits per heavy atom. The number of carbonyl (C=O) groups is 2. The molecule has 0 radical (unpaired) electrons. The minimum Gasteiger partial charge on any atom is -0.507 e. The van der Waals surface area contributed by atoms with Gasteiger partial charge in [-0.05, 0) is 73.9 Å². The van der Waals surface area contributed by atoms with Gasteiger partial charge in [0.1, 0.15) is 11.5 Å². The summed E-state index contributed by atoms with van der Waals surface area (Å²) in [6.45, 7) is 8.41. The quantitative estimate of drug-likeness (QED) is 0.156. The lowest BCUT2D eigenvalue weighted by atomic mass is 9.91. The monoisotopic (exact) mass is 528 g/mol. The van der Waals surface area contributed by atoms with Crippen LogP contribution < -0.4 is 9.64 Å². The fourth-order valence-corrected chi connectivity index (χ4v) is 5.34. The number of halogens is 1. The van der Waals surface area contributed by atoms with E-state index in [1.807, 2.05) is 58.0 Å². The second-order valence-corrected chi connectivity index (χ2v) is 10.1. The second-order valence-electron chi connectivity index (χ2n) is 9.70. The molecule has 0 saturated carbocycles. The Morgan fingerprint density at radius 2 is 1.79 bits per heavy atom. The van der Waals surface area contributed by atoms with Crippen LogP contribution >= 0.6 is 11.6 Å². The standard InChI is InChI=1S/C31H29ClN2O4/c1-5-38-25-15-10-19(16-23(25)17(2)3)29(35)27-28(26-18(4)33-24-9-7-6-8-22(24)26)34(31(37)30(27)36)21-13-11-20(32)12-14-21/h6-17,28,33,35H,5H2,1-4H3/b29-27+. The summed E-state index contributed by atoms with van der Waals surface area (Å²) in [6, 6.07) is 19.0. The fourth-order valence-electron chi connectivity index (χ4n) is 5.21. The predicted octanol–water partition coefficient (Wildman–Crippen LogP) is 7.28. The van der Waals surface area contributed by atoms with Gasteiger partial charge in [-0.1, -0.05) is 43.6 Å². The second kappa shape index (κ2) is 10.0. The van der Waals surface area contributed by atoms with E-state index in [1.165, 1.54) is 4.90 Å². The molecule has 1 aliphatic heterocycles. The molecule has 0 bridgehead atoms. The third kappa shape index (κ3) is 4.25. The van der Waals surface area contributed by atoms with Gasteiger partial charge in [-0.2, -0.15) is 0 Å². The van der Waals surface area contributed by atoms with E-state index in [4.69, 9.17) is 16.3 Å². The average Bonchev–Trinajstić information content (AvgIpc) is 3.36. The molecule has 6 nitrogen and oxygen atoms in total. The molecule has 1 saturated heterocycles. The summed E-state index contributed by atoms with van der Waals surface area (Å²) in [5, 5.41) is 13.1. The molecule has 4 aromatic rings. The van der Waals surface area contributed by atoms with E-state index in [1.54, 1.807) is 36.4 Å². The number of amides is 1. The number of Topliss-reactive ketones (excluding diaryl/α,β-unsaturated/α-hetero) is 1. The van der Waals surface area contributed by atoms with Crippen molar-refractivity contribution < 1.29 is 19.4 Å². The molecule has 1 aliphatic rings. The number of hydrogen-bond donors (Lipinski definition) is 2. The van der Waals surface area contributed by atoms with Gasteiger partial charge in [-0.25, -0.2) is 0 Å². The Bertz CT molecular complexity index is 1580. The van der Waals surface area contributed by atoms with Gasteiger partial charge in [0, 0.05) is 38.4 Å². The molecular weight excluding hydrogens is 500 g/mol. The number of fused-ring (bicyclic) bond motifs is 1. The van der Waals surface area contributed by atoms with E-state index in [-0.39, 0.29) is 17.3 Å². The van der Waals surface area contributed by atoms with Crippen molar-refractivity contribution in [2.75, 3.05) is 11.5 Å². The Kier molecular flexibility index (Phi) is 6.76. The third-order valence-electron chi connectivity index (χ3n) is 6.97. The van der Waals surface area contributed by atoms with Gasteiger partial charge < -0.3 is 14.8 Å². The molecule has 7 heteroatoms. The number of anilines is 1. The molecular formula is C31H29ClN2O4.